The molecule has 2 heterocycles. The van der Waals surface area contributed by atoms with E-state index in [4.69, 9.17) is 10.8 Å². The van der Waals surface area contributed by atoms with E-state index in [0.717, 1.165) is 25.8 Å². The Labute approximate surface area is 125 Å². The Morgan fingerprint density at radius 3 is 3.19 bits per heavy atom. The number of aromatic nitrogens is 1. The topological polar surface area (TPSA) is 79.5 Å². The molecule has 112 valence electrons. The maximum Gasteiger partial charge on any atom is 0.255 e. The van der Waals surface area contributed by atoms with Crippen LogP contribution in [0.1, 0.15) is 35.2 Å². The van der Waals surface area contributed by atoms with Gasteiger partial charge in [0.15, 0.2) is 0 Å². The van der Waals surface area contributed by atoms with Gasteiger partial charge in [0, 0.05) is 32.1 Å². The first kappa shape index (κ1) is 15.5. The van der Waals surface area contributed by atoms with E-state index in [2.05, 4.69) is 16.8 Å². The molecule has 1 unspecified atom stereocenters. The summed E-state index contributed by atoms with van der Waals surface area (Å²) in [7, 11) is 0. The molecule has 0 saturated carbocycles. The molecule has 3 N–H and O–H groups in total. The summed E-state index contributed by atoms with van der Waals surface area (Å²) < 4.78 is 0. The van der Waals surface area contributed by atoms with Crippen molar-refractivity contribution >= 4 is 5.91 Å². The molecule has 5 heteroatoms. The third kappa shape index (κ3) is 4.03. The van der Waals surface area contributed by atoms with Crippen molar-refractivity contribution in [3.05, 3.63) is 29.6 Å². The molecule has 0 bridgehead atoms. The summed E-state index contributed by atoms with van der Waals surface area (Å²) in [6.07, 6.45) is 6.01. The maximum absolute atomic E-state index is 12.7. The number of hydrogen-bond donors (Lipinski definition) is 2. The number of likely N-dealkylation sites (tertiary alicyclic amines) is 1. The summed E-state index contributed by atoms with van der Waals surface area (Å²) in [5.41, 5.74) is 6.59. The molecule has 1 aliphatic heterocycles. The molecule has 0 aromatic carbocycles. The second-order valence-electron chi connectivity index (χ2n) is 5.20. The molecule has 1 amide bonds. The quantitative estimate of drug-likeness (QED) is 0.799. The van der Waals surface area contributed by atoms with E-state index in [9.17, 15) is 4.79 Å². The number of rotatable bonds is 3. The van der Waals surface area contributed by atoms with Crippen LogP contribution < -0.4 is 5.73 Å². The molecule has 0 aliphatic carbocycles. The number of aliphatic hydroxyl groups excluding tert-OH is 1. The third-order valence-electron chi connectivity index (χ3n) is 3.72. The van der Waals surface area contributed by atoms with E-state index in [0.29, 0.717) is 23.6 Å². The van der Waals surface area contributed by atoms with Crippen LogP contribution in [-0.4, -0.2) is 47.1 Å². The van der Waals surface area contributed by atoms with Crippen LogP contribution in [0.3, 0.4) is 0 Å². The lowest BCUT2D eigenvalue weighted by Crippen LogP contribution is -2.40. The van der Waals surface area contributed by atoms with Crippen molar-refractivity contribution in [3.8, 4) is 11.8 Å². The van der Waals surface area contributed by atoms with Crippen LogP contribution in [0, 0.1) is 17.8 Å². The Morgan fingerprint density at radius 1 is 1.57 bits per heavy atom. The molecule has 1 aliphatic rings. The van der Waals surface area contributed by atoms with E-state index in [-0.39, 0.29) is 19.1 Å². The van der Waals surface area contributed by atoms with Crippen LogP contribution in [0.5, 0.6) is 0 Å². The highest BCUT2D eigenvalue weighted by Crippen LogP contribution is 2.21. The van der Waals surface area contributed by atoms with Gasteiger partial charge in [0.2, 0.25) is 0 Å². The molecule has 0 radical (unpaired) electrons. The molecular formula is C16H21N3O2. The average molecular weight is 287 g/mol. The van der Waals surface area contributed by atoms with Crippen molar-refractivity contribution in [1.29, 1.82) is 0 Å². The number of hydrogen-bond acceptors (Lipinski definition) is 4. The zero-order valence-corrected chi connectivity index (χ0v) is 12.1. The second kappa shape index (κ2) is 7.77. The highest BCUT2D eigenvalue weighted by atomic mass is 16.3. The van der Waals surface area contributed by atoms with Gasteiger partial charge >= 0.3 is 0 Å². The Morgan fingerprint density at radius 2 is 2.43 bits per heavy atom. The monoisotopic (exact) mass is 287 g/mol. The zero-order valence-electron chi connectivity index (χ0n) is 12.1. The number of piperidine rings is 1. The van der Waals surface area contributed by atoms with Gasteiger partial charge in [-0.2, -0.15) is 0 Å². The van der Waals surface area contributed by atoms with Gasteiger partial charge in [-0.05, 0) is 31.2 Å². The van der Waals surface area contributed by atoms with E-state index in [1.165, 1.54) is 0 Å². The highest BCUT2D eigenvalue weighted by Gasteiger charge is 2.25. The van der Waals surface area contributed by atoms with Crippen LogP contribution in [0.4, 0.5) is 0 Å². The van der Waals surface area contributed by atoms with E-state index >= 15 is 0 Å². The summed E-state index contributed by atoms with van der Waals surface area (Å²) in [4.78, 5) is 18.5. The first-order valence-electron chi connectivity index (χ1n) is 7.29. The van der Waals surface area contributed by atoms with Gasteiger partial charge in [0.25, 0.3) is 5.91 Å². The summed E-state index contributed by atoms with van der Waals surface area (Å²) in [6.45, 7) is 1.89. The van der Waals surface area contributed by atoms with Crippen molar-refractivity contribution in [1.82, 2.24) is 9.88 Å². The third-order valence-corrected chi connectivity index (χ3v) is 3.72. The van der Waals surface area contributed by atoms with Crippen LogP contribution in [0.15, 0.2) is 18.5 Å². The number of carbonyl (C=O) groups is 1. The van der Waals surface area contributed by atoms with Crippen molar-refractivity contribution in [2.75, 3.05) is 26.2 Å². The lowest BCUT2D eigenvalue weighted by atomic mass is 9.94. The van der Waals surface area contributed by atoms with Crippen molar-refractivity contribution < 1.29 is 9.90 Å². The molecular weight excluding hydrogens is 266 g/mol. The first-order chi connectivity index (χ1) is 10.3. The molecule has 1 aromatic rings. The number of pyridine rings is 1. The largest absolute Gasteiger partial charge is 0.396 e. The fourth-order valence-electron chi connectivity index (χ4n) is 2.66. The summed E-state index contributed by atoms with van der Waals surface area (Å²) in [5.74, 6) is 6.04. The molecule has 1 saturated heterocycles. The zero-order chi connectivity index (χ0) is 15.1. The lowest BCUT2D eigenvalue weighted by Gasteiger charge is -2.32. The standard InChI is InChI=1S/C16H21N3O2/c17-7-1-4-14-11-18-8-5-15(14)16(21)19-9-2-3-13(12-19)6-10-20/h5,8,11,13,20H,2-3,6-7,9-10,12,17H2. The van der Waals surface area contributed by atoms with Crippen LogP contribution >= 0.6 is 0 Å². The summed E-state index contributed by atoms with van der Waals surface area (Å²) >= 11 is 0. The number of carbonyl (C=O) groups excluding carboxylic acids is 1. The maximum atomic E-state index is 12.7. The Hall–Kier alpha value is -1.90. The van der Waals surface area contributed by atoms with Gasteiger partial charge in [0.1, 0.15) is 0 Å². The van der Waals surface area contributed by atoms with Crippen molar-refractivity contribution in [2.45, 2.75) is 19.3 Å². The van der Waals surface area contributed by atoms with Crippen molar-refractivity contribution in [2.24, 2.45) is 11.7 Å². The van der Waals surface area contributed by atoms with Gasteiger partial charge in [0.05, 0.1) is 17.7 Å². The first-order valence-corrected chi connectivity index (χ1v) is 7.29. The lowest BCUT2D eigenvalue weighted by molar-refractivity contribution is 0.0653. The Bertz CT molecular complexity index is 546. The second-order valence-corrected chi connectivity index (χ2v) is 5.20. The van der Waals surface area contributed by atoms with Gasteiger partial charge in [-0.1, -0.05) is 11.8 Å². The summed E-state index contributed by atoms with van der Waals surface area (Å²) in [5, 5.41) is 9.06. The predicted octanol–water partition coefficient (Wildman–Crippen LogP) is 0.626. The van der Waals surface area contributed by atoms with E-state index < -0.39 is 0 Å². The molecule has 1 atom stereocenters. The molecule has 21 heavy (non-hydrogen) atoms. The fourth-order valence-corrected chi connectivity index (χ4v) is 2.66. The van der Waals surface area contributed by atoms with Crippen LogP contribution in [0.25, 0.3) is 0 Å². The van der Waals surface area contributed by atoms with Gasteiger partial charge in [-0.25, -0.2) is 0 Å². The smallest absolute Gasteiger partial charge is 0.255 e. The van der Waals surface area contributed by atoms with Gasteiger partial charge < -0.3 is 15.7 Å². The number of nitrogens with two attached hydrogens (primary N) is 1. The minimum atomic E-state index is -0.0126. The fraction of sp³-hybridized carbons (Fsp3) is 0.500. The minimum absolute atomic E-state index is 0.0126. The van der Waals surface area contributed by atoms with Gasteiger partial charge in [-0.15, -0.1) is 0 Å². The molecule has 0 spiro atoms. The van der Waals surface area contributed by atoms with Crippen LogP contribution in [0.2, 0.25) is 0 Å². The average Bonchev–Trinajstić information content (AvgIpc) is 2.53. The van der Waals surface area contributed by atoms with E-state index in [1.54, 1.807) is 18.5 Å². The molecule has 5 nitrogen and oxygen atoms in total. The predicted molar refractivity (Wildman–Crippen MR) is 80.5 cm³/mol. The summed E-state index contributed by atoms with van der Waals surface area (Å²) in [6, 6.07) is 1.71. The van der Waals surface area contributed by atoms with Crippen molar-refractivity contribution in [3.63, 3.8) is 0 Å². The Balaban J connectivity index is 2.16. The number of amides is 1. The normalized spacial score (nSPS) is 18.0. The molecule has 1 fully saturated rings. The SMILES string of the molecule is NCC#Cc1cnccc1C(=O)N1CCCC(CCO)C1. The Kier molecular flexibility index (Phi) is 5.73. The number of nitrogens with zero attached hydrogens (tertiary/aromatic N) is 2. The van der Waals surface area contributed by atoms with E-state index in [1.807, 2.05) is 4.90 Å². The minimum Gasteiger partial charge on any atom is -0.396 e. The highest BCUT2D eigenvalue weighted by molar-refractivity contribution is 5.96. The number of aliphatic hydroxyl groups is 1. The van der Waals surface area contributed by atoms with Gasteiger partial charge in [-0.3, -0.25) is 9.78 Å². The molecule has 2 rings (SSSR count). The van der Waals surface area contributed by atoms with Crippen LogP contribution in [-0.2, 0) is 0 Å². The molecule has 1 aromatic heterocycles.